The quantitative estimate of drug-likeness (QED) is 0.733. The van der Waals surface area contributed by atoms with Crippen LogP contribution in [-0.4, -0.2) is 26.2 Å². The van der Waals surface area contributed by atoms with Gasteiger partial charge in [0, 0.05) is 12.6 Å². The molecule has 1 fully saturated rings. The second-order valence-corrected chi connectivity index (χ2v) is 7.18. The highest BCUT2D eigenvalue weighted by Gasteiger charge is 2.29. The molecule has 0 bridgehead atoms. The summed E-state index contributed by atoms with van der Waals surface area (Å²) < 4.78 is 27.5. The molecule has 0 spiro atoms. The molecule has 0 radical (unpaired) electrons. The number of anilines is 1. The molecule has 0 aliphatic heterocycles. The number of aliphatic hydroxyl groups excluding tert-OH is 1. The molecule has 2 unspecified atom stereocenters. The molecule has 20 heavy (non-hydrogen) atoms. The van der Waals surface area contributed by atoms with Crippen molar-refractivity contribution in [2.24, 2.45) is 5.92 Å². The van der Waals surface area contributed by atoms with Crippen molar-refractivity contribution in [3.8, 4) is 0 Å². The largest absolute Gasteiger partial charge is 0.398 e. The molecule has 0 heterocycles. The smallest absolute Gasteiger partial charge is 0.242 e. The minimum atomic E-state index is -3.64. The Kier molecular flexibility index (Phi) is 4.67. The molecule has 0 amide bonds. The summed E-state index contributed by atoms with van der Waals surface area (Å²) in [4.78, 5) is 0.116. The second-order valence-electron chi connectivity index (χ2n) is 5.50. The third-order valence-corrected chi connectivity index (χ3v) is 5.47. The van der Waals surface area contributed by atoms with Crippen molar-refractivity contribution < 1.29 is 13.5 Å². The average molecular weight is 298 g/mol. The van der Waals surface area contributed by atoms with Crippen LogP contribution in [0.3, 0.4) is 0 Å². The van der Waals surface area contributed by atoms with E-state index in [0.29, 0.717) is 0 Å². The van der Waals surface area contributed by atoms with E-state index in [9.17, 15) is 13.5 Å². The number of nitrogens with one attached hydrogen (secondary N) is 1. The van der Waals surface area contributed by atoms with Gasteiger partial charge in [-0.05, 0) is 43.4 Å². The average Bonchev–Trinajstić information content (AvgIpc) is 2.38. The second kappa shape index (κ2) is 6.11. The van der Waals surface area contributed by atoms with E-state index in [1.807, 2.05) is 6.92 Å². The number of nitrogen functional groups attached to an aromatic ring is 1. The highest BCUT2D eigenvalue weighted by Crippen LogP contribution is 2.27. The Balaban J connectivity index is 2.22. The van der Waals surface area contributed by atoms with Crippen LogP contribution in [0.5, 0.6) is 0 Å². The van der Waals surface area contributed by atoms with Crippen molar-refractivity contribution in [1.82, 2.24) is 4.72 Å². The molecule has 2 atom stereocenters. The molecule has 0 aromatic heterocycles. The first kappa shape index (κ1) is 15.3. The van der Waals surface area contributed by atoms with E-state index in [-0.39, 0.29) is 29.1 Å². The zero-order chi connectivity index (χ0) is 14.8. The molecule has 1 aromatic rings. The Hall–Kier alpha value is -1.11. The Morgan fingerprint density at radius 3 is 2.70 bits per heavy atom. The van der Waals surface area contributed by atoms with Crippen molar-refractivity contribution in [2.45, 2.75) is 43.5 Å². The van der Waals surface area contributed by atoms with Gasteiger partial charge < -0.3 is 10.8 Å². The predicted molar refractivity (Wildman–Crippen MR) is 78.7 cm³/mol. The molecule has 0 saturated heterocycles. The number of benzene rings is 1. The van der Waals surface area contributed by atoms with Crippen molar-refractivity contribution >= 4 is 15.7 Å². The van der Waals surface area contributed by atoms with E-state index in [1.165, 1.54) is 6.07 Å². The highest BCUT2D eigenvalue weighted by atomic mass is 32.2. The third-order valence-electron chi connectivity index (χ3n) is 3.90. The lowest BCUT2D eigenvalue weighted by molar-refractivity contribution is 0.164. The summed E-state index contributed by atoms with van der Waals surface area (Å²) in [7, 11) is -3.64. The molecule has 1 aliphatic carbocycles. The summed E-state index contributed by atoms with van der Waals surface area (Å²) >= 11 is 0. The van der Waals surface area contributed by atoms with Crippen LogP contribution in [0.4, 0.5) is 5.69 Å². The van der Waals surface area contributed by atoms with Gasteiger partial charge >= 0.3 is 0 Å². The normalized spacial score (nSPS) is 23.7. The van der Waals surface area contributed by atoms with E-state index in [4.69, 9.17) is 5.73 Å². The van der Waals surface area contributed by atoms with Crippen LogP contribution in [-0.2, 0) is 10.0 Å². The Labute approximate surface area is 120 Å². The molecule has 4 N–H and O–H groups in total. The number of hydrogen-bond acceptors (Lipinski definition) is 4. The first-order valence-electron chi connectivity index (χ1n) is 6.93. The van der Waals surface area contributed by atoms with Gasteiger partial charge in [0.1, 0.15) is 4.90 Å². The van der Waals surface area contributed by atoms with Crippen LogP contribution in [0.2, 0.25) is 0 Å². The van der Waals surface area contributed by atoms with Crippen molar-refractivity contribution in [3.63, 3.8) is 0 Å². The van der Waals surface area contributed by atoms with E-state index in [0.717, 1.165) is 31.2 Å². The maximum atomic E-state index is 12.4. The van der Waals surface area contributed by atoms with E-state index in [2.05, 4.69) is 4.72 Å². The summed E-state index contributed by atoms with van der Waals surface area (Å²) in [5, 5.41) is 9.36. The lowest BCUT2D eigenvalue weighted by atomic mass is 9.86. The molecule has 1 aliphatic rings. The molecule has 6 heteroatoms. The van der Waals surface area contributed by atoms with Crippen molar-refractivity contribution in [3.05, 3.63) is 23.8 Å². The number of nitrogens with two attached hydrogens (primary N) is 1. The minimum absolute atomic E-state index is 0.00908. The minimum Gasteiger partial charge on any atom is -0.398 e. The Morgan fingerprint density at radius 2 is 2.05 bits per heavy atom. The molecular formula is C14H22N2O3S. The van der Waals surface area contributed by atoms with Gasteiger partial charge in [0.2, 0.25) is 10.0 Å². The topological polar surface area (TPSA) is 92.4 Å². The van der Waals surface area contributed by atoms with Crippen LogP contribution in [0.1, 0.15) is 31.2 Å². The van der Waals surface area contributed by atoms with Gasteiger partial charge in [-0.3, -0.25) is 0 Å². The first-order chi connectivity index (χ1) is 9.44. The van der Waals surface area contributed by atoms with Gasteiger partial charge in [-0.1, -0.05) is 18.9 Å². The fourth-order valence-electron chi connectivity index (χ4n) is 2.76. The lowest BCUT2D eigenvalue weighted by Gasteiger charge is -2.30. The van der Waals surface area contributed by atoms with Gasteiger partial charge in [0.15, 0.2) is 0 Å². The number of hydrogen-bond donors (Lipinski definition) is 3. The monoisotopic (exact) mass is 298 g/mol. The Morgan fingerprint density at radius 1 is 1.35 bits per heavy atom. The van der Waals surface area contributed by atoms with Crippen LogP contribution < -0.4 is 10.5 Å². The maximum absolute atomic E-state index is 12.4. The molecular weight excluding hydrogens is 276 g/mol. The van der Waals surface area contributed by atoms with E-state index >= 15 is 0 Å². The first-order valence-corrected chi connectivity index (χ1v) is 8.41. The third kappa shape index (κ3) is 3.31. The fraction of sp³-hybridized carbons (Fsp3) is 0.571. The van der Waals surface area contributed by atoms with Gasteiger partial charge in [-0.15, -0.1) is 0 Å². The highest BCUT2D eigenvalue weighted by molar-refractivity contribution is 7.89. The van der Waals surface area contributed by atoms with Crippen LogP contribution in [0, 0.1) is 12.8 Å². The summed E-state index contributed by atoms with van der Waals surface area (Å²) in [5.74, 6) is -0.00908. The summed E-state index contributed by atoms with van der Waals surface area (Å²) in [6.45, 7) is 1.87. The van der Waals surface area contributed by atoms with E-state index in [1.54, 1.807) is 12.1 Å². The van der Waals surface area contributed by atoms with Gasteiger partial charge in [-0.25, -0.2) is 13.1 Å². The number of rotatable bonds is 4. The summed E-state index contributed by atoms with van der Waals surface area (Å²) in [6, 6.07) is 4.71. The fourth-order valence-corrected chi connectivity index (χ4v) is 4.21. The van der Waals surface area contributed by atoms with Crippen LogP contribution in [0.15, 0.2) is 23.1 Å². The number of aryl methyl sites for hydroxylation is 1. The molecule has 2 rings (SSSR count). The van der Waals surface area contributed by atoms with Gasteiger partial charge in [0.25, 0.3) is 0 Å². The zero-order valence-electron chi connectivity index (χ0n) is 11.7. The number of aliphatic hydroxyl groups is 1. The molecule has 1 aromatic carbocycles. The van der Waals surface area contributed by atoms with Crippen LogP contribution in [0.25, 0.3) is 0 Å². The maximum Gasteiger partial charge on any atom is 0.242 e. The molecule has 112 valence electrons. The standard InChI is InChI=1S/C14H22N2O3S/c1-10-6-7-14(12(15)8-10)20(18,19)16-13-5-3-2-4-11(13)9-17/h6-8,11,13,16-17H,2-5,9,15H2,1H3. The lowest BCUT2D eigenvalue weighted by Crippen LogP contribution is -2.43. The van der Waals surface area contributed by atoms with Crippen molar-refractivity contribution in [2.75, 3.05) is 12.3 Å². The summed E-state index contributed by atoms with van der Waals surface area (Å²) in [5.41, 5.74) is 6.99. The van der Waals surface area contributed by atoms with Gasteiger partial charge in [-0.2, -0.15) is 0 Å². The van der Waals surface area contributed by atoms with Crippen molar-refractivity contribution in [1.29, 1.82) is 0 Å². The van der Waals surface area contributed by atoms with E-state index < -0.39 is 10.0 Å². The number of sulfonamides is 1. The molecule has 1 saturated carbocycles. The summed E-state index contributed by atoms with van der Waals surface area (Å²) in [6.07, 6.45) is 3.63. The molecule has 5 nitrogen and oxygen atoms in total. The zero-order valence-corrected chi connectivity index (χ0v) is 12.5. The van der Waals surface area contributed by atoms with Crippen LogP contribution >= 0.6 is 0 Å². The van der Waals surface area contributed by atoms with Gasteiger partial charge in [0.05, 0.1) is 5.69 Å². The SMILES string of the molecule is Cc1ccc(S(=O)(=O)NC2CCCCC2CO)c(N)c1. The predicted octanol–water partition coefficient (Wildman–Crippen LogP) is 1.41. The Bertz CT molecular complexity index is 572.